The van der Waals surface area contributed by atoms with Gasteiger partial charge in [0.15, 0.2) is 5.96 Å². The van der Waals surface area contributed by atoms with Gasteiger partial charge in [0.1, 0.15) is 0 Å². The Morgan fingerprint density at radius 2 is 2.13 bits per heavy atom. The Morgan fingerprint density at radius 1 is 1.39 bits per heavy atom. The molecule has 1 aromatic heterocycles. The van der Waals surface area contributed by atoms with E-state index in [1.165, 1.54) is 42.4 Å². The minimum atomic E-state index is 0. The van der Waals surface area contributed by atoms with E-state index < -0.39 is 0 Å². The fourth-order valence-corrected chi connectivity index (χ4v) is 3.55. The predicted octanol–water partition coefficient (Wildman–Crippen LogP) is 2.51. The molecule has 7 heteroatoms. The molecule has 0 spiro atoms. The quantitative estimate of drug-likeness (QED) is 0.380. The van der Waals surface area contributed by atoms with Crippen molar-refractivity contribution in [2.45, 2.75) is 33.1 Å². The number of halogens is 1. The Morgan fingerprint density at radius 3 is 2.74 bits per heavy atom. The number of rotatable bonds is 7. The van der Waals surface area contributed by atoms with Crippen LogP contribution < -0.4 is 10.6 Å². The Balaban J connectivity index is 0.00000264. The maximum Gasteiger partial charge on any atom is 0.190 e. The zero-order valence-corrected chi connectivity index (χ0v) is 17.6. The van der Waals surface area contributed by atoms with E-state index in [1.807, 2.05) is 13.2 Å². The van der Waals surface area contributed by atoms with Crippen LogP contribution in [0, 0.1) is 12.8 Å². The number of aromatic nitrogens is 1. The molecule has 23 heavy (non-hydrogen) atoms. The van der Waals surface area contributed by atoms with Crippen LogP contribution in [-0.4, -0.2) is 55.6 Å². The summed E-state index contributed by atoms with van der Waals surface area (Å²) in [6.07, 6.45) is 5.61. The molecule has 2 N–H and O–H groups in total. The number of likely N-dealkylation sites (tertiary alicyclic amines) is 1. The van der Waals surface area contributed by atoms with Gasteiger partial charge in [-0.25, -0.2) is 4.98 Å². The molecule has 0 saturated carbocycles. The van der Waals surface area contributed by atoms with Gasteiger partial charge in [-0.2, -0.15) is 0 Å². The maximum absolute atomic E-state index is 4.38. The summed E-state index contributed by atoms with van der Waals surface area (Å²) < 4.78 is 0. The SMILES string of the molecule is CN=C(NCCc1ncc(C)s1)NCC(C)CN1CCCC1.I. The lowest BCUT2D eigenvalue weighted by atomic mass is 10.1. The van der Waals surface area contributed by atoms with Crippen LogP contribution in [0.2, 0.25) is 0 Å². The molecule has 0 bridgehead atoms. The van der Waals surface area contributed by atoms with Gasteiger partial charge in [0, 0.05) is 44.2 Å². The monoisotopic (exact) mass is 451 g/mol. The van der Waals surface area contributed by atoms with E-state index in [0.717, 1.165) is 25.5 Å². The summed E-state index contributed by atoms with van der Waals surface area (Å²) in [5, 5.41) is 7.98. The van der Waals surface area contributed by atoms with Crippen molar-refractivity contribution in [3.63, 3.8) is 0 Å². The average Bonchev–Trinajstić information content (AvgIpc) is 3.14. The summed E-state index contributed by atoms with van der Waals surface area (Å²) in [5.41, 5.74) is 0. The van der Waals surface area contributed by atoms with Crippen LogP contribution >= 0.6 is 35.3 Å². The van der Waals surface area contributed by atoms with Crippen molar-refractivity contribution in [3.8, 4) is 0 Å². The third kappa shape index (κ3) is 7.80. The van der Waals surface area contributed by atoms with Crippen molar-refractivity contribution in [3.05, 3.63) is 16.1 Å². The molecule has 1 atom stereocenters. The number of guanidine groups is 1. The van der Waals surface area contributed by atoms with Crippen LogP contribution in [0.5, 0.6) is 0 Å². The number of hydrogen-bond donors (Lipinski definition) is 2. The standard InChI is InChI=1S/C16H29N5S.HI/c1-13(12-21-8-4-5-9-21)10-20-16(17-3)18-7-6-15-19-11-14(2)22-15;/h11,13H,4-10,12H2,1-3H3,(H2,17,18,20);1H. The topological polar surface area (TPSA) is 52.6 Å². The predicted molar refractivity (Wildman–Crippen MR) is 110 cm³/mol. The molecule has 0 radical (unpaired) electrons. The molecule has 132 valence electrons. The first-order valence-corrected chi connectivity index (χ1v) is 9.07. The molecular formula is C16H30IN5S. The van der Waals surface area contributed by atoms with Crippen molar-refractivity contribution in [1.29, 1.82) is 0 Å². The molecule has 1 fully saturated rings. The summed E-state index contributed by atoms with van der Waals surface area (Å²) in [6.45, 7) is 9.95. The lowest BCUT2D eigenvalue weighted by molar-refractivity contribution is 0.287. The van der Waals surface area contributed by atoms with Gasteiger partial charge in [0.2, 0.25) is 0 Å². The Hall–Kier alpha value is -0.410. The van der Waals surface area contributed by atoms with Gasteiger partial charge >= 0.3 is 0 Å². The molecule has 1 aliphatic rings. The van der Waals surface area contributed by atoms with E-state index in [9.17, 15) is 0 Å². The second-order valence-corrected chi connectivity index (χ2v) is 7.43. The smallest absolute Gasteiger partial charge is 0.190 e. The molecule has 2 rings (SSSR count). The number of nitrogens with one attached hydrogen (secondary N) is 2. The van der Waals surface area contributed by atoms with Crippen molar-refractivity contribution in [2.24, 2.45) is 10.9 Å². The van der Waals surface area contributed by atoms with Crippen molar-refractivity contribution in [2.75, 3.05) is 39.8 Å². The molecule has 1 aliphatic heterocycles. The summed E-state index contributed by atoms with van der Waals surface area (Å²) in [5.74, 6) is 1.53. The molecule has 5 nitrogen and oxygen atoms in total. The van der Waals surface area contributed by atoms with E-state index in [4.69, 9.17) is 0 Å². The molecule has 0 amide bonds. The van der Waals surface area contributed by atoms with Crippen LogP contribution in [0.1, 0.15) is 29.7 Å². The molecule has 1 aromatic rings. The van der Waals surface area contributed by atoms with Crippen molar-refractivity contribution in [1.82, 2.24) is 20.5 Å². The van der Waals surface area contributed by atoms with Crippen LogP contribution in [0.15, 0.2) is 11.2 Å². The summed E-state index contributed by atoms with van der Waals surface area (Å²) in [6, 6.07) is 0. The first kappa shape index (κ1) is 20.6. The minimum Gasteiger partial charge on any atom is -0.356 e. The van der Waals surface area contributed by atoms with Crippen molar-refractivity contribution >= 4 is 41.3 Å². The van der Waals surface area contributed by atoms with Gasteiger partial charge in [0.25, 0.3) is 0 Å². The van der Waals surface area contributed by atoms with E-state index >= 15 is 0 Å². The van der Waals surface area contributed by atoms with Crippen molar-refractivity contribution < 1.29 is 0 Å². The number of aryl methyl sites for hydroxylation is 1. The highest BCUT2D eigenvalue weighted by atomic mass is 127. The third-order valence-corrected chi connectivity index (χ3v) is 4.88. The second-order valence-electron chi connectivity index (χ2n) is 6.11. The van der Waals surface area contributed by atoms with Crippen LogP contribution in [-0.2, 0) is 6.42 Å². The normalized spacial score (nSPS) is 16.9. The number of aliphatic imine (C=N–C) groups is 1. The molecule has 0 aliphatic carbocycles. The largest absolute Gasteiger partial charge is 0.356 e. The minimum absolute atomic E-state index is 0. The van der Waals surface area contributed by atoms with Gasteiger partial charge in [-0.3, -0.25) is 4.99 Å². The number of nitrogens with zero attached hydrogens (tertiary/aromatic N) is 3. The lowest BCUT2D eigenvalue weighted by Gasteiger charge is -2.21. The van der Waals surface area contributed by atoms with E-state index in [1.54, 1.807) is 11.3 Å². The highest BCUT2D eigenvalue weighted by Gasteiger charge is 2.14. The average molecular weight is 451 g/mol. The zero-order valence-electron chi connectivity index (χ0n) is 14.5. The van der Waals surface area contributed by atoms with E-state index in [2.05, 4.69) is 39.4 Å². The maximum atomic E-state index is 4.38. The van der Waals surface area contributed by atoms with E-state index in [0.29, 0.717) is 5.92 Å². The van der Waals surface area contributed by atoms with Crippen LogP contribution in [0.3, 0.4) is 0 Å². The summed E-state index contributed by atoms with van der Waals surface area (Å²) >= 11 is 1.77. The third-order valence-electron chi connectivity index (χ3n) is 3.91. The van der Waals surface area contributed by atoms with Gasteiger partial charge in [-0.1, -0.05) is 6.92 Å². The fraction of sp³-hybridized carbons (Fsp3) is 0.750. The second kappa shape index (κ2) is 11.2. The molecule has 0 aromatic carbocycles. The van der Waals surface area contributed by atoms with Gasteiger partial charge in [-0.05, 0) is 38.8 Å². The zero-order chi connectivity index (χ0) is 15.8. The fourth-order valence-electron chi connectivity index (χ4n) is 2.77. The lowest BCUT2D eigenvalue weighted by Crippen LogP contribution is -2.42. The number of hydrogen-bond acceptors (Lipinski definition) is 4. The Kier molecular flexibility index (Phi) is 10.0. The van der Waals surface area contributed by atoms with Gasteiger partial charge in [0.05, 0.1) is 5.01 Å². The van der Waals surface area contributed by atoms with E-state index in [-0.39, 0.29) is 24.0 Å². The molecule has 2 heterocycles. The summed E-state index contributed by atoms with van der Waals surface area (Å²) in [4.78, 5) is 12.5. The van der Waals surface area contributed by atoms with Crippen LogP contribution in [0.25, 0.3) is 0 Å². The molecule has 1 unspecified atom stereocenters. The first-order chi connectivity index (χ1) is 10.7. The van der Waals surface area contributed by atoms with Crippen LogP contribution in [0.4, 0.5) is 0 Å². The summed E-state index contributed by atoms with van der Waals surface area (Å²) in [7, 11) is 1.83. The van der Waals surface area contributed by atoms with Gasteiger partial charge in [-0.15, -0.1) is 35.3 Å². The van der Waals surface area contributed by atoms with Gasteiger partial charge < -0.3 is 15.5 Å². The first-order valence-electron chi connectivity index (χ1n) is 8.25. The number of thiazole rings is 1. The highest BCUT2D eigenvalue weighted by molar-refractivity contribution is 14.0. The molecular weight excluding hydrogens is 421 g/mol. The Labute approximate surface area is 161 Å². The Bertz CT molecular complexity index is 471. The molecule has 1 saturated heterocycles. The highest BCUT2D eigenvalue weighted by Crippen LogP contribution is 2.11.